The van der Waals surface area contributed by atoms with Crippen molar-refractivity contribution in [2.75, 3.05) is 7.11 Å². The van der Waals surface area contributed by atoms with Crippen LogP contribution in [0.1, 0.15) is 35.1 Å². The molecule has 2 atom stereocenters. The first-order valence-electron chi connectivity index (χ1n) is 6.70. The van der Waals surface area contributed by atoms with Gasteiger partial charge in [-0.05, 0) is 30.0 Å². The number of methoxy groups -OCH3 is 1. The van der Waals surface area contributed by atoms with Gasteiger partial charge in [0.1, 0.15) is 5.75 Å². The van der Waals surface area contributed by atoms with E-state index in [2.05, 4.69) is 12.1 Å². The highest BCUT2D eigenvalue weighted by Crippen LogP contribution is 2.43. The molecule has 0 saturated heterocycles. The quantitative estimate of drug-likeness (QED) is 0.889. The number of rotatable bonds is 2. The second kappa shape index (κ2) is 5.06. The van der Waals surface area contributed by atoms with Gasteiger partial charge >= 0.3 is 0 Å². The number of benzene rings is 2. The second-order valence-corrected chi connectivity index (χ2v) is 5.03. The Labute approximate surface area is 113 Å². The van der Waals surface area contributed by atoms with Gasteiger partial charge < -0.3 is 9.84 Å². The van der Waals surface area contributed by atoms with E-state index >= 15 is 0 Å². The molecule has 1 aliphatic rings. The molecule has 0 aromatic heterocycles. The Kier molecular flexibility index (Phi) is 3.26. The van der Waals surface area contributed by atoms with E-state index in [1.165, 1.54) is 5.56 Å². The Balaban J connectivity index is 2.00. The fraction of sp³-hybridized carbons (Fsp3) is 0.294. The molecule has 2 aromatic rings. The monoisotopic (exact) mass is 254 g/mol. The Morgan fingerprint density at radius 1 is 1.00 bits per heavy atom. The van der Waals surface area contributed by atoms with Gasteiger partial charge in [0, 0.05) is 11.5 Å². The van der Waals surface area contributed by atoms with E-state index in [1.807, 2.05) is 36.4 Å². The standard InChI is InChI=1S/C17H18O2/c1-19-16-9-5-4-8-14(16)15-11-10-12-6-2-3-7-13(12)17(15)18/h2-9,15,17-18H,10-11H2,1H3/t15-,17+/m1/s1. The minimum Gasteiger partial charge on any atom is -0.496 e. The molecule has 0 fully saturated rings. The zero-order valence-corrected chi connectivity index (χ0v) is 11.0. The molecule has 0 saturated carbocycles. The minimum atomic E-state index is -0.443. The number of para-hydroxylation sites is 1. The largest absolute Gasteiger partial charge is 0.496 e. The number of hydrogen-bond acceptors (Lipinski definition) is 2. The molecule has 1 N–H and O–H groups in total. The van der Waals surface area contributed by atoms with Crippen LogP contribution in [0.25, 0.3) is 0 Å². The van der Waals surface area contributed by atoms with E-state index in [0.29, 0.717) is 0 Å². The van der Waals surface area contributed by atoms with Crippen molar-refractivity contribution in [3.05, 3.63) is 65.2 Å². The first kappa shape index (κ1) is 12.2. The lowest BCUT2D eigenvalue weighted by molar-refractivity contribution is 0.130. The molecular weight excluding hydrogens is 236 g/mol. The summed E-state index contributed by atoms with van der Waals surface area (Å²) in [6, 6.07) is 16.2. The van der Waals surface area contributed by atoms with Gasteiger partial charge in [0.2, 0.25) is 0 Å². The number of hydrogen-bond donors (Lipinski definition) is 1. The maximum absolute atomic E-state index is 10.6. The maximum atomic E-state index is 10.6. The molecule has 1 aliphatic carbocycles. The van der Waals surface area contributed by atoms with Gasteiger partial charge in [-0.3, -0.25) is 0 Å². The highest BCUT2D eigenvalue weighted by Gasteiger charge is 2.30. The summed E-state index contributed by atoms with van der Waals surface area (Å²) in [6.45, 7) is 0. The summed E-state index contributed by atoms with van der Waals surface area (Å²) < 4.78 is 5.42. The molecule has 19 heavy (non-hydrogen) atoms. The molecule has 2 aromatic carbocycles. The highest BCUT2D eigenvalue weighted by molar-refractivity contribution is 5.41. The Bertz CT molecular complexity index is 577. The van der Waals surface area contributed by atoms with E-state index in [-0.39, 0.29) is 5.92 Å². The third kappa shape index (κ3) is 2.13. The van der Waals surface area contributed by atoms with Gasteiger partial charge in [-0.15, -0.1) is 0 Å². The number of ether oxygens (including phenoxy) is 1. The van der Waals surface area contributed by atoms with Gasteiger partial charge in [0.25, 0.3) is 0 Å². The summed E-state index contributed by atoms with van der Waals surface area (Å²) in [5, 5.41) is 10.6. The lowest BCUT2D eigenvalue weighted by Crippen LogP contribution is -2.19. The van der Waals surface area contributed by atoms with E-state index in [4.69, 9.17) is 4.74 Å². The van der Waals surface area contributed by atoms with Crippen LogP contribution in [0.15, 0.2) is 48.5 Å². The summed E-state index contributed by atoms with van der Waals surface area (Å²) in [7, 11) is 1.68. The smallest absolute Gasteiger partial charge is 0.122 e. The number of aliphatic hydroxyl groups excluding tert-OH is 1. The van der Waals surface area contributed by atoms with Gasteiger partial charge in [0.15, 0.2) is 0 Å². The molecule has 0 spiro atoms. The van der Waals surface area contributed by atoms with Crippen molar-refractivity contribution in [1.82, 2.24) is 0 Å². The average Bonchev–Trinajstić information content (AvgIpc) is 2.48. The SMILES string of the molecule is COc1ccccc1[C@H]1CCc2ccccc2[C@@H]1O. The average molecular weight is 254 g/mol. The first-order chi connectivity index (χ1) is 9.31. The molecule has 2 heteroatoms. The third-order valence-electron chi connectivity index (χ3n) is 4.02. The van der Waals surface area contributed by atoms with Gasteiger partial charge in [-0.1, -0.05) is 42.5 Å². The Hall–Kier alpha value is -1.80. The number of aryl methyl sites for hydroxylation is 1. The van der Waals surface area contributed by atoms with Gasteiger partial charge in [-0.25, -0.2) is 0 Å². The molecular formula is C17H18O2. The van der Waals surface area contributed by atoms with Crippen molar-refractivity contribution < 1.29 is 9.84 Å². The third-order valence-corrected chi connectivity index (χ3v) is 4.02. The van der Waals surface area contributed by atoms with Crippen LogP contribution in [0.4, 0.5) is 0 Å². The molecule has 0 unspecified atom stereocenters. The van der Waals surface area contributed by atoms with E-state index in [1.54, 1.807) is 7.11 Å². The molecule has 3 rings (SSSR count). The second-order valence-electron chi connectivity index (χ2n) is 5.03. The van der Waals surface area contributed by atoms with E-state index in [0.717, 1.165) is 29.7 Å². The fourth-order valence-electron chi connectivity index (χ4n) is 3.03. The summed E-state index contributed by atoms with van der Waals surface area (Å²) in [5.74, 6) is 0.983. The van der Waals surface area contributed by atoms with Crippen molar-refractivity contribution in [3.63, 3.8) is 0 Å². The van der Waals surface area contributed by atoms with Crippen LogP contribution in [0.2, 0.25) is 0 Å². The van der Waals surface area contributed by atoms with Crippen molar-refractivity contribution in [3.8, 4) is 5.75 Å². The van der Waals surface area contributed by atoms with Crippen molar-refractivity contribution in [2.24, 2.45) is 0 Å². The predicted octanol–water partition coefficient (Wildman–Crippen LogP) is 3.46. The number of fused-ring (bicyclic) bond motifs is 1. The molecule has 0 radical (unpaired) electrons. The topological polar surface area (TPSA) is 29.5 Å². The molecule has 0 heterocycles. The molecule has 0 aliphatic heterocycles. The van der Waals surface area contributed by atoms with Crippen LogP contribution in [0.5, 0.6) is 5.75 Å². The Morgan fingerprint density at radius 2 is 1.68 bits per heavy atom. The normalized spacial score (nSPS) is 21.8. The lowest BCUT2D eigenvalue weighted by atomic mass is 9.78. The van der Waals surface area contributed by atoms with Crippen molar-refractivity contribution in [2.45, 2.75) is 24.9 Å². The summed E-state index contributed by atoms with van der Waals surface area (Å²) >= 11 is 0. The molecule has 98 valence electrons. The van der Waals surface area contributed by atoms with Gasteiger partial charge in [0.05, 0.1) is 13.2 Å². The summed E-state index contributed by atoms with van der Waals surface area (Å²) in [5.41, 5.74) is 3.43. The molecule has 2 nitrogen and oxygen atoms in total. The molecule has 0 amide bonds. The van der Waals surface area contributed by atoms with Crippen LogP contribution >= 0.6 is 0 Å². The van der Waals surface area contributed by atoms with Crippen LogP contribution in [-0.2, 0) is 6.42 Å². The van der Waals surface area contributed by atoms with Gasteiger partial charge in [-0.2, -0.15) is 0 Å². The van der Waals surface area contributed by atoms with Crippen molar-refractivity contribution >= 4 is 0 Å². The van der Waals surface area contributed by atoms with Crippen LogP contribution in [0.3, 0.4) is 0 Å². The zero-order chi connectivity index (χ0) is 13.2. The van der Waals surface area contributed by atoms with E-state index in [9.17, 15) is 5.11 Å². The highest BCUT2D eigenvalue weighted by atomic mass is 16.5. The predicted molar refractivity (Wildman–Crippen MR) is 75.5 cm³/mol. The summed E-state index contributed by atoms with van der Waals surface area (Å²) in [4.78, 5) is 0. The maximum Gasteiger partial charge on any atom is 0.122 e. The van der Waals surface area contributed by atoms with Crippen LogP contribution in [-0.4, -0.2) is 12.2 Å². The van der Waals surface area contributed by atoms with Crippen LogP contribution < -0.4 is 4.74 Å². The van der Waals surface area contributed by atoms with E-state index < -0.39 is 6.10 Å². The molecule has 0 bridgehead atoms. The summed E-state index contributed by atoms with van der Waals surface area (Å²) in [6.07, 6.45) is 1.52. The zero-order valence-electron chi connectivity index (χ0n) is 11.0. The van der Waals surface area contributed by atoms with Crippen LogP contribution in [0, 0.1) is 0 Å². The van der Waals surface area contributed by atoms with Crippen molar-refractivity contribution in [1.29, 1.82) is 0 Å². The first-order valence-corrected chi connectivity index (χ1v) is 6.70. The number of aliphatic hydroxyl groups is 1. The fourth-order valence-corrected chi connectivity index (χ4v) is 3.03. The minimum absolute atomic E-state index is 0.117. The Morgan fingerprint density at radius 3 is 2.47 bits per heavy atom. The lowest BCUT2D eigenvalue weighted by Gasteiger charge is -2.31.